The molecule has 0 spiro atoms. The number of anilines is 1. The molecule has 5 nitrogen and oxygen atoms in total. The van der Waals surface area contributed by atoms with Crippen LogP contribution < -0.4 is 11.1 Å². The average Bonchev–Trinajstić information content (AvgIpc) is 2.32. The number of nitrogens with zero attached hydrogens (tertiary/aromatic N) is 1. The number of rotatable bonds is 2. The normalized spacial score (nSPS) is 24.3. The van der Waals surface area contributed by atoms with Crippen LogP contribution in [0.1, 0.15) is 36.2 Å². The van der Waals surface area contributed by atoms with Crippen LogP contribution in [0.2, 0.25) is 0 Å². The van der Waals surface area contributed by atoms with Gasteiger partial charge in [0.2, 0.25) is 0 Å². The van der Waals surface area contributed by atoms with Crippen molar-refractivity contribution in [2.75, 3.05) is 5.73 Å². The van der Waals surface area contributed by atoms with Gasteiger partial charge in [0.15, 0.2) is 5.69 Å². The van der Waals surface area contributed by atoms with Gasteiger partial charge in [0.1, 0.15) is 0 Å². The molecule has 1 fully saturated rings. The minimum absolute atomic E-state index is 0.118. The number of nitrogen functional groups attached to an aromatic ring is 1. The topological polar surface area (TPSA) is 88.2 Å². The van der Waals surface area contributed by atoms with Gasteiger partial charge in [0.05, 0.1) is 11.8 Å². The first-order chi connectivity index (χ1) is 8.16. The Kier molecular flexibility index (Phi) is 3.58. The van der Waals surface area contributed by atoms with Crippen LogP contribution in [0.25, 0.3) is 0 Å². The van der Waals surface area contributed by atoms with Gasteiger partial charge in [0.25, 0.3) is 5.91 Å². The van der Waals surface area contributed by atoms with E-state index in [4.69, 9.17) is 5.73 Å². The standard InChI is InChI=1S/C12H17N3O2/c13-10-2-1-7-14-11(10)12(17)15-8-3-5-9(16)6-4-8/h1-2,7-9,16H,3-6,13H2,(H,15,17). The Bertz CT molecular complexity index is 400. The predicted octanol–water partition coefficient (Wildman–Crippen LogP) is 0.697. The molecule has 1 amide bonds. The molecule has 0 aliphatic heterocycles. The third-order valence-corrected chi connectivity index (χ3v) is 3.09. The fourth-order valence-electron chi connectivity index (χ4n) is 2.08. The maximum atomic E-state index is 11.9. The molecule has 0 aromatic carbocycles. The number of nitrogens with one attached hydrogen (secondary N) is 1. The molecule has 1 aromatic rings. The van der Waals surface area contributed by atoms with Crippen LogP contribution >= 0.6 is 0 Å². The molecule has 0 unspecified atom stereocenters. The van der Waals surface area contributed by atoms with Crippen molar-refractivity contribution in [3.8, 4) is 0 Å². The zero-order valence-electron chi connectivity index (χ0n) is 9.60. The summed E-state index contributed by atoms with van der Waals surface area (Å²) < 4.78 is 0. The Labute approximate surface area is 100 Å². The Hall–Kier alpha value is -1.62. The molecule has 92 valence electrons. The van der Waals surface area contributed by atoms with E-state index in [0.29, 0.717) is 5.69 Å². The van der Waals surface area contributed by atoms with Crippen molar-refractivity contribution in [2.45, 2.75) is 37.8 Å². The van der Waals surface area contributed by atoms with E-state index < -0.39 is 0 Å². The molecule has 1 aromatic heterocycles. The van der Waals surface area contributed by atoms with E-state index >= 15 is 0 Å². The van der Waals surface area contributed by atoms with E-state index in [-0.39, 0.29) is 23.7 Å². The average molecular weight is 235 g/mol. The fraction of sp³-hybridized carbons (Fsp3) is 0.500. The van der Waals surface area contributed by atoms with Gasteiger partial charge in [0, 0.05) is 12.2 Å². The summed E-state index contributed by atoms with van der Waals surface area (Å²) in [5.74, 6) is -0.232. The van der Waals surface area contributed by atoms with E-state index in [9.17, 15) is 9.90 Å². The molecule has 4 N–H and O–H groups in total. The zero-order chi connectivity index (χ0) is 12.3. The maximum absolute atomic E-state index is 11.9. The molecule has 0 bridgehead atoms. The van der Waals surface area contributed by atoms with Gasteiger partial charge in [-0.25, -0.2) is 4.98 Å². The highest BCUT2D eigenvalue weighted by Gasteiger charge is 2.22. The highest BCUT2D eigenvalue weighted by atomic mass is 16.3. The molecular weight excluding hydrogens is 218 g/mol. The molecule has 0 atom stereocenters. The molecule has 17 heavy (non-hydrogen) atoms. The van der Waals surface area contributed by atoms with Crippen molar-refractivity contribution in [2.24, 2.45) is 0 Å². The first kappa shape index (κ1) is 11.9. The zero-order valence-corrected chi connectivity index (χ0v) is 9.60. The van der Waals surface area contributed by atoms with Gasteiger partial charge in [-0.05, 0) is 37.8 Å². The number of aliphatic hydroxyl groups excluding tert-OH is 1. The first-order valence-electron chi connectivity index (χ1n) is 5.86. The van der Waals surface area contributed by atoms with Crippen LogP contribution in [-0.4, -0.2) is 28.1 Å². The van der Waals surface area contributed by atoms with Crippen molar-refractivity contribution < 1.29 is 9.90 Å². The van der Waals surface area contributed by atoms with Crippen molar-refractivity contribution in [3.63, 3.8) is 0 Å². The Balaban J connectivity index is 1.96. The van der Waals surface area contributed by atoms with Crippen LogP contribution in [0.3, 0.4) is 0 Å². The second-order valence-corrected chi connectivity index (χ2v) is 4.42. The number of aromatic nitrogens is 1. The van der Waals surface area contributed by atoms with Gasteiger partial charge in [-0.3, -0.25) is 4.79 Å². The summed E-state index contributed by atoms with van der Waals surface area (Å²) in [5, 5.41) is 12.3. The van der Waals surface area contributed by atoms with Crippen LogP contribution in [0.5, 0.6) is 0 Å². The second kappa shape index (κ2) is 5.14. The number of hydrogen-bond acceptors (Lipinski definition) is 4. The number of carbonyl (C=O) groups is 1. The van der Waals surface area contributed by atoms with Crippen molar-refractivity contribution in [1.82, 2.24) is 10.3 Å². The van der Waals surface area contributed by atoms with Crippen LogP contribution in [0, 0.1) is 0 Å². The number of amides is 1. The lowest BCUT2D eigenvalue weighted by Gasteiger charge is -2.26. The van der Waals surface area contributed by atoms with Gasteiger partial charge in [-0.1, -0.05) is 0 Å². The number of nitrogens with two attached hydrogens (primary N) is 1. The number of pyridine rings is 1. The first-order valence-corrected chi connectivity index (χ1v) is 5.86. The summed E-state index contributed by atoms with van der Waals surface area (Å²) in [7, 11) is 0. The van der Waals surface area contributed by atoms with E-state index in [1.807, 2.05) is 0 Å². The van der Waals surface area contributed by atoms with Crippen LogP contribution in [0.4, 0.5) is 5.69 Å². The third-order valence-electron chi connectivity index (χ3n) is 3.09. The Morgan fingerprint density at radius 3 is 2.76 bits per heavy atom. The summed E-state index contributed by atoms with van der Waals surface area (Å²) in [5.41, 5.74) is 6.35. The number of hydrogen-bond donors (Lipinski definition) is 3. The third kappa shape index (κ3) is 2.94. The molecular formula is C12H17N3O2. The van der Waals surface area contributed by atoms with Gasteiger partial charge < -0.3 is 16.2 Å². The second-order valence-electron chi connectivity index (χ2n) is 4.42. The van der Waals surface area contributed by atoms with E-state index in [2.05, 4.69) is 10.3 Å². The monoisotopic (exact) mass is 235 g/mol. The molecule has 0 radical (unpaired) electrons. The lowest BCUT2D eigenvalue weighted by atomic mass is 9.93. The van der Waals surface area contributed by atoms with Crippen molar-refractivity contribution >= 4 is 11.6 Å². The summed E-state index contributed by atoms with van der Waals surface area (Å²) in [6.07, 6.45) is 4.42. The van der Waals surface area contributed by atoms with Crippen LogP contribution in [-0.2, 0) is 0 Å². The van der Waals surface area contributed by atoms with E-state index in [1.54, 1.807) is 18.3 Å². The van der Waals surface area contributed by atoms with E-state index in [1.165, 1.54) is 0 Å². The summed E-state index contributed by atoms with van der Waals surface area (Å²) in [6.45, 7) is 0. The largest absolute Gasteiger partial charge is 0.397 e. The molecule has 1 aliphatic rings. The molecule has 1 heterocycles. The lowest BCUT2D eigenvalue weighted by Crippen LogP contribution is -2.39. The fourth-order valence-corrected chi connectivity index (χ4v) is 2.08. The van der Waals surface area contributed by atoms with Gasteiger partial charge in [-0.2, -0.15) is 0 Å². The molecule has 1 aliphatic carbocycles. The smallest absolute Gasteiger partial charge is 0.272 e. The van der Waals surface area contributed by atoms with Crippen molar-refractivity contribution in [1.29, 1.82) is 0 Å². The van der Waals surface area contributed by atoms with Gasteiger partial charge in [-0.15, -0.1) is 0 Å². The Morgan fingerprint density at radius 2 is 2.12 bits per heavy atom. The highest BCUT2D eigenvalue weighted by Crippen LogP contribution is 2.19. The number of aliphatic hydroxyl groups is 1. The predicted molar refractivity (Wildman–Crippen MR) is 64.4 cm³/mol. The van der Waals surface area contributed by atoms with Gasteiger partial charge >= 0.3 is 0 Å². The van der Waals surface area contributed by atoms with Crippen molar-refractivity contribution in [3.05, 3.63) is 24.0 Å². The highest BCUT2D eigenvalue weighted by molar-refractivity contribution is 5.97. The molecule has 0 saturated heterocycles. The summed E-state index contributed by atoms with van der Waals surface area (Å²) in [6, 6.07) is 3.47. The quantitative estimate of drug-likeness (QED) is 0.704. The number of carbonyl (C=O) groups excluding carboxylic acids is 1. The van der Waals surface area contributed by atoms with E-state index in [0.717, 1.165) is 25.7 Å². The molecule has 5 heteroatoms. The summed E-state index contributed by atoms with van der Waals surface area (Å²) in [4.78, 5) is 15.9. The molecule has 2 rings (SSSR count). The maximum Gasteiger partial charge on any atom is 0.272 e. The minimum Gasteiger partial charge on any atom is -0.397 e. The summed E-state index contributed by atoms with van der Waals surface area (Å²) >= 11 is 0. The van der Waals surface area contributed by atoms with Crippen LogP contribution in [0.15, 0.2) is 18.3 Å². The minimum atomic E-state index is -0.232. The lowest BCUT2D eigenvalue weighted by molar-refractivity contribution is 0.0864. The molecule has 1 saturated carbocycles. The SMILES string of the molecule is Nc1cccnc1C(=O)NC1CCC(O)CC1. The Morgan fingerprint density at radius 1 is 1.41 bits per heavy atom.